The van der Waals surface area contributed by atoms with Crippen molar-refractivity contribution in [1.82, 2.24) is 19.7 Å². The standard InChI is InChI=1S/C14H19N5/c1-4-12-9(2)8-15-14-17-13(18-19(12)14)11-7-5-6-10(3)16-11/h5-7,9,12H,4,8H2,1-3H3,(H,15,17,18). The van der Waals surface area contributed by atoms with Crippen LogP contribution in [0.1, 0.15) is 32.0 Å². The Balaban J connectivity index is 2.03. The zero-order valence-corrected chi connectivity index (χ0v) is 11.6. The molecule has 0 aromatic carbocycles. The van der Waals surface area contributed by atoms with Crippen LogP contribution < -0.4 is 5.32 Å². The molecule has 1 aliphatic heterocycles. The summed E-state index contributed by atoms with van der Waals surface area (Å²) in [7, 11) is 0. The fourth-order valence-corrected chi connectivity index (χ4v) is 2.66. The van der Waals surface area contributed by atoms with Gasteiger partial charge in [-0.25, -0.2) is 9.67 Å². The van der Waals surface area contributed by atoms with Gasteiger partial charge in [-0.1, -0.05) is 19.9 Å². The first-order chi connectivity index (χ1) is 9.19. The summed E-state index contributed by atoms with van der Waals surface area (Å²) in [6, 6.07) is 6.35. The van der Waals surface area contributed by atoms with E-state index in [-0.39, 0.29) is 0 Å². The third kappa shape index (κ3) is 2.09. The Bertz CT molecular complexity index is 589. The number of nitrogens with zero attached hydrogens (tertiary/aromatic N) is 4. The van der Waals surface area contributed by atoms with Gasteiger partial charge in [0.1, 0.15) is 5.69 Å². The lowest BCUT2D eigenvalue weighted by Crippen LogP contribution is -2.31. The van der Waals surface area contributed by atoms with Crippen LogP contribution in [-0.4, -0.2) is 26.3 Å². The second kappa shape index (κ2) is 4.64. The fraction of sp³-hybridized carbons (Fsp3) is 0.500. The lowest BCUT2D eigenvalue weighted by atomic mass is 9.98. The monoisotopic (exact) mass is 257 g/mol. The molecule has 0 aliphatic carbocycles. The highest BCUT2D eigenvalue weighted by molar-refractivity contribution is 5.51. The number of rotatable bonds is 2. The van der Waals surface area contributed by atoms with Crippen LogP contribution in [0, 0.1) is 12.8 Å². The number of hydrogen-bond acceptors (Lipinski definition) is 4. The van der Waals surface area contributed by atoms with Crippen molar-refractivity contribution in [2.45, 2.75) is 33.2 Å². The number of hydrogen-bond donors (Lipinski definition) is 1. The molecule has 3 rings (SSSR count). The smallest absolute Gasteiger partial charge is 0.222 e. The molecule has 2 aromatic rings. The molecule has 1 N–H and O–H groups in total. The van der Waals surface area contributed by atoms with E-state index < -0.39 is 0 Å². The summed E-state index contributed by atoms with van der Waals surface area (Å²) in [5.74, 6) is 2.14. The summed E-state index contributed by atoms with van der Waals surface area (Å²) in [4.78, 5) is 9.06. The molecular formula is C14H19N5. The van der Waals surface area contributed by atoms with Crippen LogP contribution in [0.5, 0.6) is 0 Å². The predicted octanol–water partition coefficient (Wildman–Crippen LogP) is 2.66. The summed E-state index contributed by atoms with van der Waals surface area (Å²) in [5.41, 5.74) is 1.82. The average Bonchev–Trinajstić information content (AvgIpc) is 2.83. The predicted molar refractivity (Wildman–Crippen MR) is 75.0 cm³/mol. The Morgan fingerprint density at radius 1 is 1.37 bits per heavy atom. The van der Waals surface area contributed by atoms with Crippen molar-refractivity contribution in [2.24, 2.45) is 5.92 Å². The molecule has 5 heteroatoms. The largest absolute Gasteiger partial charge is 0.354 e. The summed E-state index contributed by atoms with van der Waals surface area (Å²) >= 11 is 0. The maximum atomic E-state index is 4.65. The first-order valence-electron chi connectivity index (χ1n) is 6.83. The summed E-state index contributed by atoms with van der Waals surface area (Å²) in [6.45, 7) is 7.38. The van der Waals surface area contributed by atoms with Gasteiger partial charge in [-0.2, -0.15) is 4.98 Å². The molecule has 5 nitrogen and oxygen atoms in total. The van der Waals surface area contributed by atoms with Crippen molar-refractivity contribution in [3.8, 4) is 11.5 Å². The van der Waals surface area contributed by atoms with E-state index in [1.165, 1.54) is 0 Å². The Labute approximate surface area is 113 Å². The van der Waals surface area contributed by atoms with Crippen molar-refractivity contribution in [2.75, 3.05) is 11.9 Å². The van der Waals surface area contributed by atoms with Gasteiger partial charge in [0.05, 0.1) is 6.04 Å². The van der Waals surface area contributed by atoms with Gasteiger partial charge in [0.2, 0.25) is 11.8 Å². The van der Waals surface area contributed by atoms with Crippen molar-refractivity contribution in [3.63, 3.8) is 0 Å². The Hall–Kier alpha value is -1.91. The third-order valence-corrected chi connectivity index (χ3v) is 3.72. The first kappa shape index (κ1) is 12.1. The van der Waals surface area contributed by atoms with Crippen LogP contribution in [0.15, 0.2) is 18.2 Å². The van der Waals surface area contributed by atoms with Gasteiger partial charge in [0, 0.05) is 12.2 Å². The summed E-state index contributed by atoms with van der Waals surface area (Å²) < 4.78 is 2.02. The van der Waals surface area contributed by atoms with Gasteiger partial charge in [-0.05, 0) is 31.4 Å². The minimum Gasteiger partial charge on any atom is -0.354 e. The van der Waals surface area contributed by atoms with E-state index in [2.05, 4.69) is 34.2 Å². The maximum absolute atomic E-state index is 4.65. The lowest BCUT2D eigenvalue weighted by molar-refractivity contribution is 0.312. The summed E-state index contributed by atoms with van der Waals surface area (Å²) in [6.07, 6.45) is 1.07. The van der Waals surface area contributed by atoms with Gasteiger partial charge in [-0.3, -0.25) is 0 Å². The zero-order valence-electron chi connectivity index (χ0n) is 11.6. The van der Waals surface area contributed by atoms with E-state index in [1.807, 2.05) is 29.8 Å². The van der Waals surface area contributed by atoms with Crippen LogP contribution in [0.4, 0.5) is 5.95 Å². The van der Waals surface area contributed by atoms with Gasteiger partial charge in [-0.15, -0.1) is 5.10 Å². The molecular weight excluding hydrogens is 238 g/mol. The molecule has 0 saturated heterocycles. The number of anilines is 1. The quantitative estimate of drug-likeness (QED) is 0.898. The van der Waals surface area contributed by atoms with Gasteiger partial charge in [0.25, 0.3) is 0 Å². The van der Waals surface area contributed by atoms with Crippen LogP contribution in [0.2, 0.25) is 0 Å². The molecule has 2 unspecified atom stereocenters. The van der Waals surface area contributed by atoms with Gasteiger partial charge in [0.15, 0.2) is 0 Å². The second-order valence-corrected chi connectivity index (χ2v) is 5.20. The number of pyridine rings is 1. The van der Waals surface area contributed by atoms with E-state index in [4.69, 9.17) is 0 Å². The minimum absolute atomic E-state index is 0.419. The zero-order chi connectivity index (χ0) is 13.4. The highest BCUT2D eigenvalue weighted by Gasteiger charge is 2.27. The van der Waals surface area contributed by atoms with E-state index in [1.54, 1.807) is 0 Å². The summed E-state index contributed by atoms with van der Waals surface area (Å²) in [5, 5.41) is 7.99. The van der Waals surface area contributed by atoms with Gasteiger partial charge < -0.3 is 5.32 Å². The molecule has 0 spiro atoms. The number of aryl methyl sites for hydroxylation is 1. The van der Waals surface area contributed by atoms with E-state index in [0.29, 0.717) is 17.8 Å². The molecule has 19 heavy (non-hydrogen) atoms. The number of fused-ring (bicyclic) bond motifs is 1. The van der Waals surface area contributed by atoms with E-state index in [0.717, 1.165) is 30.3 Å². The molecule has 0 saturated carbocycles. The molecule has 0 fully saturated rings. The van der Waals surface area contributed by atoms with Crippen molar-refractivity contribution in [1.29, 1.82) is 0 Å². The van der Waals surface area contributed by atoms with Crippen molar-refractivity contribution in [3.05, 3.63) is 23.9 Å². The molecule has 3 heterocycles. The Morgan fingerprint density at radius 2 is 2.21 bits per heavy atom. The minimum atomic E-state index is 0.419. The number of aromatic nitrogens is 4. The SMILES string of the molecule is CCC1C(C)CNc2nc(-c3cccc(C)n3)nn21. The van der Waals surface area contributed by atoms with Crippen LogP contribution in [0.3, 0.4) is 0 Å². The van der Waals surface area contributed by atoms with Crippen LogP contribution >= 0.6 is 0 Å². The highest BCUT2D eigenvalue weighted by atomic mass is 15.4. The topological polar surface area (TPSA) is 55.6 Å². The van der Waals surface area contributed by atoms with E-state index >= 15 is 0 Å². The maximum Gasteiger partial charge on any atom is 0.222 e. The first-order valence-corrected chi connectivity index (χ1v) is 6.83. The van der Waals surface area contributed by atoms with Crippen LogP contribution in [0.25, 0.3) is 11.5 Å². The Kier molecular flexibility index (Phi) is 2.97. The highest BCUT2D eigenvalue weighted by Crippen LogP contribution is 2.30. The van der Waals surface area contributed by atoms with Crippen LogP contribution in [-0.2, 0) is 0 Å². The molecule has 0 bridgehead atoms. The molecule has 2 aromatic heterocycles. The normalized spacial score (nSPS) is 21.8. The Morgan fingerprint density at radius 3 is 2.95 bits per heavy atom. The molecule has 0 radical (unpaired) electrons. The average molecular weight is 257 g/mol. The lowest BCUT2D eigenvalue weighted by Gasteiger charge is -2.29. The number of nitrogens with one attached hydrogen (secondary N) is 1. The molecule has 1 aliphatic rings. The van der Waals surface area contributed by atoms with E-state index in [9.17, 15) is 0 Å². The fourth-order valence-electron chi connectivity index (χ4n) is 2.66. The second-order valence-electron chi connectivity index (χ2n) is 5.20. The molecule has 2 atom stereocenters. The molecule has 0 amide bonds. The molecule has 100 valence electrons. The third-order valence-electron chi connectivity index (χ3n) is 3.72. The van der Waals surface area contributed by atoms with Gasteiger partial charge >= 0.3 is 0 Å². The van der Waals surface area contributed by atoms with Crippen molar-refractivity contribution < 1.29 is 0 Å². The van der Waals surface area contributed by atoms with Crippen molar-refractivity contribution >= 4 is 5.95 Å².